The van der Waals surface area contributed by atoms with Crippen LogP contribution in [0.4, 0.5) is 10.5 Å². The van der Waals surface area contributed by atoms with E-state index in [-0.39, 0.29) is 11.4 Å². The molecule has 4 rings (SSSR count). The number of benzene rings is 1. The third-order valence-electron chi connectivity index (χ3n) is 5.09. The number of rotatable bonds is 6. The maximum Gasteiger partial charge on any atom is 0.319 e. The fourth-order valence-corrected chi connectivity index (χ4v) is 3.27. The molecule has 146 valence electrons. The van der Waals surface area contributed by atoms with E-state index in [1.165, 1.54) is 0 Å². The van der Waals surface area contributed by atoms with Gasteiger partial charge in [-0.25, -0.2) is 4.79 Å². The van der Waals surface area contributed by atoms with Crippen molar-refractivity contribution in [3.05, 3.63) is 47.5 Å². The zero-order valence-electron chi connectivity index (χ0n) is 16.3. The molecule has 0 unspecified atom stereocenters. The number of aromatic nitrogens is 4. The molecule has 8 nitrogen and oxygen atoms in total. The van der Waals surface area contributed by atoms with Gasteiger partial charge in [0.2, 0.25) is 0 Å². The molecule has 8 heteroatoms. The van der Waals surface area contributed by atoms with Gasteiger partial charge in [0, 0.05) is 35.4 Å². The second kappa shape index (κ2) is 7.10. The first-order valence-corrected chi connectivity index (χ1v) is 9.39. The van der Waals surface area contributed by atoms with Gasteiger partial charge in [0.25, 0.3) is 5.89 Å². The van der Waals surface area contributed by atoms with Gasteiger partial charge in [0.1, 0.15) is 0 Å². The molecule has 2 heterocycles. The van der Waals surface area contributed by atoms with E-state index in [2.05, 4.69) is 38.9 Å². The number of urea groups is 1. The summed E-state index contributed by atoms with van der Waals surface area (Å²) in [5, 5.41) is 14.2. The summed E-state index contributed by atoms with van der Waals surface area (Å²) >= 11 is 0. The molecule has 0 spiro atoms. The van der Waals surface area contributed by atoms with Crippen LogP contribution in [-0.2, 0) is 6.54 Å². The minimum Gasteiger partial charge on any atom is -0.337 e. The lowest BCUT2D eigenvalue weighted by molar-refractivity contribution is 0.247. The molecule has 28 heavy (non-hydrogen) atoms. The summed E-state index contributed by atoms with van der Waals surface area (Å²) < 4.78 is 7.19. The van der Waals surface area contributed by atoms with Crippen molar-refractivity contribution < 1.29 is 9.32 Å². The van der Waals surface area contributed by atoms with Crippen LogP contribution in [0.25, 0.3) is 11.5 Å². The fraction of sp³-hybridized carbons (Fsp3) is 0.400. The van der Waals surface area contributed by atoms with Crippen LogP contribution in [0.1, 0.15) is 30.1 Å². The van der Waals surface area contributed by atoms with Crippen LogP contribution >= 0.6 is 0 Å². The van der Waals surface area contributed by atoms with Crippen LogP contribution in [0.15, 0.2) is 34.9 Å². The predicted molar refractivity (Wildman–Crippen MR) is 105 cm³/mol. The molecule has 0 radical (unpaired) electrons. The van der Waals surface area contributed by atoms with Gasteiger partial charge in [0.05, 0.1) is 5.69 Å². The number of nitrogens with one attached hydrogen (secondary N) is 2. The molecule has 2 N–H and O–H groups in total. The van der Waals surface area contributed by atoms with E-state index >= 15 is 0 Å². The first-order chi connectivity index (χ1) is 13.4. The monoisotopic (exact) mass is 380 g/mol. The summed E-state index contributed by atoms with van der Waals surface area (Å²) in [7, 11) is 0. The van der Waals surface area contributed by atoms with E-state index in [9.17, 15) is 4.79 Å². The van der Waals surface area contributed by atoms with E-state index in [4.69, 9.17) is 4.52 Å². The number of carbonyl (C=O) groups is 1. The first kappa shape index (κ1) is 18.2. The smallest absolute Gasteiger partial charge is 0.319 e. The van der Waals surface area contributed by atoms with Crippen molar-refractivity contribution in [2.24, 2.45) is 5.41 Å². The highest BCUT2D eigenvalue weighted by atomic mass is 16.5. The molecular formula is C20H24N6O2. The van der Waals surface area contributed by atoms with Crippen molar-refractivity contribution in [3.8, 4) is 11.5 Å². The molecule has 0 bridgehead atoms. The standard InChI is InChI=1S/C20H24N6O2/c1-13-10-14(2)26(24-13)12-20(8-9-20)11-21-19(27)23-17-6-4-16(5-7-17)18-22-15(3)25-28-18/h4-7,10H,8-9,11-12H2,1-3H3,(H2,21,23,27). The summed E-state index contributed by atoms with van der Waals surface area (Å²) in [6.07, 6.45) is 2.20. The van der Waals surface area contributed by atoms with Crippen molar-refractivity contribution in [3.63, 3.8) is 0 Å². The zero-order valence-corrected chi connectivity index (χ0v) is 16.3. The summed E-state index contributed by atoms with van der Waals surface area (Å²) in [6.45, 7) is 7.31. The van der Waals surface area contributed by atoms with Gasteiger partial charge in [-0.15, -0.1) is 0 Å². The fourth-order valence-electron chi connectivity index (χ4n) is 3.27. The van der Waals surface area contributed by atoms with E-state index in [0.717, 1.165) is 36.3 Å². The number of hydrogen-bond donors (Lipinski definition) is 2. The highest BCUT2D eigenvalue weighted by Crippen LogP contribution is 2.46. The summed E-state index contributed by atoms with van der Waals surface area (Å²) in [5.74, 6) is 1.05. The Bertz CT molecular complexity index is 985. The highest BCUT2D eigenvalue weighted by molar-refractivity contribution is 5.89. The van der Waals surface area contributed by atoms with Crippen molar-refractivity contribution in [2.75, 3.05) is 11.9 Å². The van der Waals surface area contributed by atoms with E-state index in [1.54, 1.807) is 6.92 Å². The van der Waals surface area contributed by atoms with Gasteiger partial charge >= 0.3 is 6.03 Å². The topological polar surface area (TPSA) is 97.9 Å². The molecular weight excluding hydrogens is 356 g/mol. The Kier molecular flexibility index (Phi) is 4.62. The van der Waals surface area contributed by atoms with Gasteiger partial charge in [-0.05, 0) is 63.9 Å². The summed E-state index contributed by atoms with van der Waals surface area (Å²) in [6, 6.07) is 9.19. The lowest BCUT2D eigenvalue weighted by Gasteiger charge is -2.17. The molecule has 1 aliphatic rings. The molecule has 1 aliphatic carbocycles. The molecule has 1 saturated carbocycles. The number of nitrogens with zero attached hydrogens (tertiary/aromatic N) is 4. The maximum absolute atomic E-state index is 12.3. The Morgan fingerprint density at radius 3 is 2.54 bits per heavy atom. The van der Waals surface area contributed by atoms with Gasteiger partial charge in [-0.1, -0.05) is 5.16 Å². The van der Waals surface area contributed by atoms with E-state index in [0.29, 0.717) is 23.9 Å². The quantitative estimate of drug-likeness (QED) is 0.682. The minimum atomic E-state index is -0.207. The Morgan fingerprint density at radius 1 is 1.21 bits per heavy atom. The van der Waals surface area contributed by atoms with Crippen molar-refractivity contribution in [1.82, 2.24) is 25.2 Å². The molecule has 2 amide bonds. The van der Waals surface area contributed by atoms with Crippen LogP contribution in [0.3, 0.4) is 0 Å². The van der Waals surface area contributed by atoms with Crippen LogP contribution in [0.2, 0.25) is 0 Å². The van der Waals surface area contributed by atoms with E-state index in [1.807, 2.05) is 35.9 Å². The van der Waals surface area contributed by atoms with Crippen LogP contribution in [-0.4, -0.2) is 32.5 Å². The number of carbonyl (C=O) groups excluding carboxylic acids is 1. The molecule has 2 aromatic heterocycles. The van der Waals surface area contributed by atoms with Gasteiger partial charge in [-0.2, -0.15) is 10.1 Å². The molecule has 0 saturated heterocycles. The molecule has 0 aliphatic heterocycles. The van der Waals surface area contributed by atoms with Crippen molar-refractivity contribution in [2.45, 2.75) is 40.2 Å². The number of anilines is 1. The number of hydrogen-bond acceptors (Lipinski definition) is 5. The molecule has 3 aromatic rings. The lowest BCUT2D eigenvalue weighted by Crippen LogP contribution is -2.35. The second-order valence-electron chi connectivity index (χ2n) is 7.62. The van der Waals surface area contributed by atoms with Crippen LogP contribution in [0, 0.1) is 26.2 Å². The average molecular weight is 380 g/mol. The number of aryl methyl sites for hydroxylation is 3. The summed E-state index contributed by atoms with van der Waals surface area (Å²) in [4.78, 5) is 16.5. The predicted octanol–water partition coefficient (Wildman–Crippen LogP) is 3.46. The number of amides is 2. The third-order valence-corrected chi connectivity index (χ3v) is 5.09. The minimum absolute atomic E-state index is 0.111. The van der Waals surface area contributed by atoms with Gasteiger partial charge in [0.15, 0.2) is 5.82 Å². The third kappa shape index (κ3) is 4.05. The molecule has 1 fully saturated rings. The lowest BCUT2D eigenvalue weighted by atomic mass is 10.1. The van der Waals surface area contributed by atoms with Gasteiger partial charge in [-0.3, -0.25) is 4.68 Å². The highest BCUT2D eigenvalue weighted by Gasteiger charge is 2.43. The molecule has 0 atom stereocenters. The largest absolute Gasteiger partial charge is 0.337 e. The zero-order chi connectivity index (χ0) is 19.7. The molecule has 1 aromatic carbocycles. The van der Waals surface area contributed by atoms with Crippen LogP contribution < -0.4 is 10.6 Å². The Labute approximate surface area is 163 Å². The van der Waals surface area contributed by atoms with E-state index < -0.39 is 0 Å². The average Bonchev–Trinajstić information content (AvgIpc) is 3.17. The Balaban J connectivity index is 1.30. The maximum atomic E-state index is 12.3. The summed E-state index contributed by atoms with van der Waals surface area (Å²) in [5.41, 5.74) is 3.82. The Hall–Kier alpha value is -3.16. The van der Waals surface area contributed by atoms with Gasteiger partial charge < -0.3 is 15.2 Å². The Morgan fingerprint density at radius 2 is 1.96 bits per heavy atom. The van der Waals surface area contributed by atoms with Crippen molar-refractivity contribution >= 4 is 11.7 Å². The van der Waals surface area contributed by atoms with Crippen molar-refractivity contribution in [1.29, 1.82) is 0 Å². The van der Waals surface area contributed by atoms with Crippen LogP contribution in [0.5, 0.6) is 0 Å². The second-order valence-corrected chi connectivity index (χ2v) is 7.62. The SMILES string of the molecule is Cc1cc(C)n(CC2(CNC(=O)Nc3ccc(-c4nc(C)no4)cc3)CC2)n1. The normalized spacial score (nSPS) is 14.7. The first-order valence-electron chi connectivity index (χ1n) is 9.39.